The molecule has 0 spiro atoms. The number of carbonyl (C=O) groups is 3. The highest BCUT2D eigenvalue weighted by atomic mass is 16.2. The summed E-state index contributed by atoms with van der Waals surface area (Å²) in [5.74, 6) is -0.529. The second-order valence-electron chi connectivity index (χ2n) is 4.73. The van der Waals surface area contributed by atoms with Crippen LogP contribution in [0.2, 0.25) is 0 Å². The van der Waals surface area contributed by atoms with E-state index in [0.717, 1.165) is 0 Å². The number of amides is 3. The molecule has 0 aromatic heterocycles. The first-order valence-corrected chi connectivity index (χ1v) is 6.91. The summed E-state index contributed by atoms with van der Waals surface area (Å²) in [5, 5.41) is 5.17. The van der Waals surface area contributed by atoms with Crippen molar-refractivity contribution in [2.45, 2.75) is 0 Å². The Labute approximate surface area is 124 Å². The van der Waals surface area contributed by atoms with Gasteiger partial charge in [-0.3, -0.25) is 19.3 Å². The standard InChI is InChI=1S/C13H23N5O3/c1-2-3-15-12(20)10-17-4-6-18(7-5-17)13(21)9-16-11(19)8-14/h2H,1,3-10,14H2,(H,15,20)(H,16,19). The van der Waals surface area contributed by atoms with Crippen LogP contribution in [-0.4, -0.2) is 79.9 Å². The Hall–Kier alpha value is -1.93. The Bertz CT molecular complexity index is 391. The van der Waals surface area contributed by atoms with Crippen molar-refractivity contribution in [3.63, 3.8) is 0 Å². The smallest absolute Gasteiger partial charge is 0.242 e. The molecule has 0 aliphatic carbocycles. The number of nitrogens with one attached hydrogen (secondary N) is 2. The van der Waals surface area contributed by atoms with E-state index in [1.54, 1.807) is 11.0 Å². The molecular formula is C13H23N5O3. The molecule has 0 atom stereocenters. The highest BCUT2D eigenvalue weighted by Gasteiger charge is 2.22. The lowest BCUT2D eigenvalue weighted by atomic mass is 10.3. The van der Waals surface area contributed by atoms with Crippen molar-refractivity contribution in [1.29, 1.82) is 0 Å². The average Bonchev–Trinajstić information content (AvgIpc) is 2.50. The summed E-state index contributed by atoms with van der Waals surface area (Å²) in [6.07, 6.45) is 1.63. The van der Waals surface area contributed by atoms with Crippen LogP contribution >= 0.6 is 0 Å². The van der Waals surface area contributed by atoms with Crippen LogP contribution in [0.1, 0.15) is 0 Å². The number of nitrogens with zero attached hydrogens (tertiary/aromatic N) is 2. The summed E-state index contributed by atoms with van der Waals surface area (Å²) >= 11 is 0. The fraction of sp³-hybridized carbons (Fsp3) is 0.615. The second kappa shape index (κ2) is 9.09. The number of rotatable bonds is 7. The van der Waals surface area contributed by atoms with E-state index in [4.69, 9.17) is 5.73 Å². The molecular weight excluding hydrogens is 274 g/mol. The van der Waals surface area contributed by atoms with Gasteiger partial charge in [-0.1, -0.05) is 6.08 Å². The number of hydrogen-bond acceptors (Lipinski definition) is 5. The molecule has 1 aliphatic heterocycles. The Morgan fingerprint density at radius 3 is 2.33 bits per heavy atom. The lowest BCUT2D eigenvalue weighted by Crippen LogP contribution is -2.53. The van der Waals surface area contributed by atoms with Crippen molar-refractivity contribution in [2.24, 2.45) is 5.73 Å². The summed E-state index contributed by atoms with van der Waals surface area (Å²) in [5.41, 5.74) is 5.15. The van der Waals surface area contributed by atoms with Crippen LogP contribution in [0.3, 0.4) is 0 Å². The number of nitrogens with two attached hydrogens (primary N) is 1. The quantitative estimate of drug-likeness (QED) is 0.451. The number of carbonyl (C=O) groups excluding carboxylic acids is 3. The predicted molar refractivity (Wildman–Crippen MR) is 78.3 cm³/mol. The summed E-state index contributed by atoms with van der Waals surface area (Å²) in [6.45, 7) is 6.52. The first-order chi connectivity index (χ1) is 10.1. The fourth-order valence-electron chi connectivity index (χ4n) is 1.96. The first-order valence-electron chi connectivity index (χ1n) is 6.91. The zero-order valence-corrected chi connectivity index (χ0v) is 12.1. The highest BCUT2D eigenvalue weighted by Crippen LogP contribution is 2.01. The molecule has 1 saturated heterocycles. The molecule has 8 nitrogen and oxygen atoms in total. The van der Waals surface area contributed by atoms with Gasteiger partial charge >= 0.3 is 0 Å². The minimum Gasteiger partial charge on any atom is -0.352 e. The van der Waals surface area contributed by atoms with Gasteiger partial charge in [-0.25, -0.2) is 0 Å². The molecule has 0 unspecified atom stereocenters. The Kier molecular flexibility index (Phi) is 7.41. The van der Waals surface area contributed by atoms with Gasteiger partial charge in [0.05, 0.1) is 19.6 Å². The topological polar surface area (TPSA) is 108 Å². The van der Waals surface area contributed by atoms with E-state index in [-0.39, 0.29) is 30.8 Å². The maximum absolute atomic E-state index is 11.9. The normalized spacial score (nSPS) is 15.4. The van der Waals surface area contributed by atoms with E-state index < -0.39 is 0 Å². The molecule has 0 bridgehead atoms. The van der Waals surface area contributed by atoms with Crippen LogP contribution in [0.25, 0.3) is 0 Å². The highest BCUT2D eigenvalue weighted by molar-refractivity contribution is 5.85. The molecule has 4 N–H and O–H groups in total. The Balaban J connectivity index is 2.25. The van der Waals surface area contributed by atoms with Crippen molar-refractivity contribution in [3.05, 3.63) is 12.7 Å². The molecule has 118 valence electrons. The maximum Gasteiger partial charge on any atom is 0.242 e. The van der Waals surface area contributed by atoms with Crippen LogP contribution in [-0.2, 0) is 14.4 Å². The third-order valence-electron chi connectivity index (χ3n) is 3.16. The summed E-state index contributed by atoms with van der Waals surface area (Å²) in [6, 6.07) is 0. The van der Waals surface area contributed by atoms with Crippen molar-refractivity contribution < 1.29 is 14.4 Å². The van der Waals surface area contributed by atoms with Gasteiger partial charge in [-0.2, -0.15) is 0 Å². The van der Waals surface area contributed by atoms with Crippen LogP contribution in [0.15, 0.2) is 12.7 Å². The largest absolute Gasteiger partial charge is 0.352 e. The Morgan fingerprint density at radius 1 is 1.10 bits per heavy atom. The van der Waals surface area contributed by atoms with Gasteiger partial charge in [-0.15, -0.1) is 6.58 Å². The Morgan fingerprint density at radius 2 is 1.76 bits per heavy atom. The van der Waals surface area contributed by atoms with Crippen LogP contribution in [0, 0.1) is 0 Å². The minimum absolute atomic E-state index is 0.0319. The van der Waals surface area contributed by atoms with Gasteiger partial charge in [0.2, 0.25) is 17.7 Å². The first kappa shape index (κ1) is 17.1. The average molecular weight is 297 g/mol. The number of hydrogen-bond donors (Lipinski definition) is 3. The third kappa shape index (κ3) is 6.37. The van der Waals surface area contributed by atoms with Crippen molar-refractivity contribution in [3.8, 4) is 0 Å². The molecule has 0 aromatic carbocycles. The summed E-state index contributed by atoms with van der Waals surface area (Å²) in [7, 11) is 0. The van der Waals surface area contributed by atoms with E-state index in [2.05, 4.69) is 17.2 Å². The molecule has 1 heterocycles. The van der Waals surface area contributed by atoms with Crippen molar-refractivity contribution in [1.82, 2.24) is 20.4 Å². The van der Waals surface area contributed by atoms with Crippen LogP contribution in [0.5, 0.6) is 0 Å². The van der Waals surface area contributed by atoms with Crippen LogP contribution < -0.4 is 16.4 Å². The molecule has 0 radical (unpaired) electrons. The van der Waals surface area contributed by atoms with Gasteiger partial charge in [0.15, 0.2) is 0 Å². The molecule has 8 heteroatoms. The third-order valence-corrected chi connectivity index (χ3v) is 3.16. The van der Waals surface area contributed by atoms with Gasteiger partial charge in [-0.05, 0) is 0 Å². The molecule has 3 amide bonds. The van der Waals surface area contributed by atoms with Crippen molar-refractivity contribution >= 4 is 17.7 Å². The molecule has 1 aliphatic rings. The monoisotopic (exact) mass is 297 g/mol. The van der Waals surface area contributed by atoms with Gasteiger partial charge in [0.25, 0.3) is 0 Å². The molecule has 0 aromatic rings. The number of piperazine rings is 1. The van der Waals surface area contributed by atoms with Gasteiger partial charge in [0, 0.05) is 32.7 Å². The zero-order chi connectivity index (χ0) is 15.7. The minimum atomic E-state index is -0.346. The second-order valence-corrected chi connectivity index (χ2v) is 4.73. The predicted octanol–water partition coefficient (Wildman–Crippen LogP) is -2.49. The SMILES string of the molecule is C=CCNC(=O)CN1CCN(C(=O)CNC(=O)CN)CC1. The molecule has 0 saturated carbocycles. The lowest BCUT2D eigenvalue weighted by molar-refractivity contribution is -0.134. The summed E-state index contributed by atoms with van der Waals surface area (Å²) in [4.78, 5) is 38.1. The molecule has 1 fully saturated rings. The van der Waals surface area contributed by atoms with Crippen molar-refractivity contribution in [2.75, 3.05) is 52.4 Å². The van der Waals surface area contributed by atoms with Gasteiger partial charge < -0.3 is 21.3 Å². The van der Waals surface area contributed by atoms with E-state index in [0.29, 0.717) is 39.3 Å². The fourth-order valence-corrected chi connectivity index (χ4v) is 1.96. The maximum atomic E-state index is 11.9. The van der Waals surface area contributed by atoms with E-state index in [1.807, 2.05) is 4.90 Å². The van der Waals surface area contributed by atoms with Gasteiger partial charge in [0.1, 0.15) is 0 Å². The van der Waals surface area contributed by atoms with E-state index in [1.165, 1.54) is 0 Å². The van der Waals surface area contributed by atoms with E-state index in [9.17, 15) is 14.4 Å². The molecule has 1 rings (SSSR count). The lowest BCUT2D eigenvalue weighted by Gasteiger charge is -2.34. The van der Waals surface area contributed by atoms with E-state index >= 15 is 0 Å². The summed E-state index contributed by atoms with van der Waals surface area (Å²) < 4.78 is 0. The zero-order valence-electron chi connectivity index (χ0n) is 12.1. The molecule has 21 heavy (non-hydrogen) atoms. The van der Waals surface area contributed by atoms with Crippen LogP contribution in [0.4, 0.5) is 0 Å².